The third-order valence-corrected chi connectivity index (χ3v) is 5.95. The zero-order chi connectivity index (χ0) is 22.6. The average Bonchev–Trinajstić information content (AvgIpc) is 3.42. The van der Waals surface area contributed by atoms with Gasteiger partial charge in [-0.2, -0.15) is 0 Å². The summed E-state index contributed by atoms with van der Waals surface area (Å²) in [7, 11) is 1.86. The number of thioether (sulfide) groups is 1. The Morgan fingerprint density at radius 2 is 1.70 bits per heavy atom. The first kappa shape index (κ1) is 20.8. The highest BCUT2D eigenvalue weighted by Gasteiger charge is 2.16. The van der Waals surface area contributed by atoms with E-state index in [4.69, 9.17) is 9.15 Å². The molecule has 0 radical (unpaired) electrons. The lowest BCUT2D eigenvalue weighted by Gasteiger charge is -2.08. The molecule has 2 aromatic heterocycles. The molecular weight excluding hydrogens is 436 g/mol. The fourth-order valence-electron chi connectivity index (χ4n) is 3.31. The maximum Gasteiger partial charge on any atom is 0.234 e. The highest BCUT2D eigenvalue weighted by molar-refractivity contribution is 7.99. The van der Waals surface area contributed by atoms with Crippen LogP contribution in [-0.4, -0.2) is 26.4 Å². The topological polar surface area (TPSA) is 82.2 Å². The second-order valence-corrected chi connectivity index (χ2v) is 8.23. The molecular formula is C25H20N4O3S. The summed E-state index contributed by atoms with van der Waals surface area (Å²) >= 11 is 1.31. The number of para-hydroxylation sites is 2. The lowest BCUT2D eigenvalue weighted by molar-refractivity contribution is -0.113. The lowest BCUT2D eigenvalue weighted by Crippen LogP contribution is -2.14. The van der Waals surface area contributed by atoms with Gasteiger partial charge in [0, 0.05) is 18.1 Å². The molecule has 0 saturated carbocycles. The fraction of sp³-hybridized carbons (Fsp3) is 0.0800. The molecule has 7 nitrogen and oxygen atoms in total. The van der Waals surface area contributed by atoms with E-state index in [0.717, 1.165) is 16.7 Å². The van der Waals surface area contributed by atoms with E-state index in [1.54, 1.807) is 0 Å². The van der Waals surface area contributed by atoms with E-state index < -0.39 is 0 Å². The largest absolute Gasteiger partial charge is 0.457 e. The Morgan fingerprint density at radius 3 is 2.48 bits per heavy atom. The minimum Gasteiger partial charge on any atom is -0.457 e. The molecule has 0 fully saturated rings. The molecule has 0 unspecified atom stereocenters. The van der Waals surface area contributed by atoms with Crippen LogP contribution in [0.3, 0.4) is 0 Å². The van der Waals surface area contributed by atoms with Gasteiger partial charge in [0.15, 0.2) is 16.7 Å². The molecule has 0 aliphatic heterocycles. The number of carbonyl (C=O) groups is 1. The molecule has 3 aromatic carbocycles. The third-order valence-electron chi connectivity index (χ3n) is 4.93. The highest BCUT2D eigenvalue weighted by Crippen LogP contribution is 2.28. The Bertz CT molecular complexity index is 1360. The van der Waals surface area contributed by atoms with Gasteiger partial charge in [0.05, 0.1) is 5.75 Å². The second-order valence-electron chi connectivity index (χ2n) is 7.29. The zero-order valence-electron chi connectivity index (χ0n) is 17.8. The summed E-state index contributed by atoms with van der Waals surface area (Å²) in [6.07, 6.45) is 0. The van der Waals surface area contributed by atoms with E-state index in [1.165, 1.54) is 11.8 Å². The van der Waals surface area contributed by atoms with Gasteiger partial charge in [-0.3, -0.25) is 4.79 Å². The summed E-state index contributed by atoms with van der Waals surface area (Å²) < 4.78 is 13.5. The fourth-order valence-corrected chi connectivity index (χ4v) is 4.02. The standard InChI is InChI=1S/C25H20N4O3S/c1-29-24(22-15-17-7-5-6-10-21(17)32-22)27-28-25(29)33-16-23(30)26-18-11-13-20(14-12-18)31-19-8-3-2-4-9-19/h2-15H,16H2,1H3,(H,26,30). The van der Waals surface area contributed by atoms with Gasteiger partial charge in [0.1, 0.15) is 17.1 Å². The van der Waals surface area contributed by atoms with Gasteiger partial charge in [0.2, 0.25) is 5.91 Å². The summed E-state index contributed by atoms with van der Waals surface area (Å²) in [5.41, 5.74) is 1.49. The quantitative estimate of drug-likeness (QED) is 0.314. The first-order valence-electron chi connectivity index (χ1n) is 10.3. The number of hydrogen-bond donors (Lipinski definition) is 1. The van der Waals surface area contributed by atoms with Crippen LogP contribution in [0.2, 0.25) is 0 Å². The number of ether oxygens (including phenoxy) is 1. The van der Waals surface area contributed by atoms with Crippen LogP contribution in [0, 0.1) is 0 Å². The molecule has 0 bridgehead atoms. The van der Waals surface area contributed by atoms with Crippen LogP contribution in [-0.2, 0) is 11.8 Å². The monoisotopic (exact) mass is 456 g/mol. The predicted molar refractivity (Wildman–Crippen MR) is 129 cm³/mol. The van der Waals surface area contributed by atoms with Crippen LogP contribution in [0.4, 0.5) is 5.69 Å². The number of nitrogens with one attached hydrogen (secondary N) is 1. The molecule has 33 heavy (non-hydrogen) atoms. The van der Waals surface area contributed by atoms with Gasteiger partial charge < -0.3 is 19.0 Å². The Kier molecular flexibility index (Phi) is 5.82. The first-order valence-corrected chi connectivity index (χ1v) is 11.3. The van der Waals surface area contributed by atoms with Crippen molar-refractivity contribution in [2.45, 2.75) is 5.16 Å². The predicted octanol–water partition coefficient (Wildman–Crippen LogP) is 5.75. The Hall–Kier alpha value is -4.04. The van der Waals surface area contributed by atoms with E-state index in [-0.39, 0.29) is 11.7 Å². The molecule has 1 amide bonds. The number of nitrogens with zero attached hydrogens (tertiary/aromatic N) is 3. The SMILES string of the molecule is Cn1c(SCC(=O)Nc2ccc(Oc3ccccc3)cc2)nnc1-c1cc2ccccc2o1. The number of amides is 1. The van der Waals surface area contributed by atoms with Gasteiger partial charge in [-0.1, -0.05) is 48.2 Å². The van der Waals surface area contributed by atoms with Crippen molar-refractivity contribution in [1.29, 1.82) is 0 Å². The van der Waals surface area contributed by atoms with E-state index in [2.05, 4.69) is 15.5 Å². The zero-order valence-corrected chi connectivity index (χ0v) is 18.6. The molecule has 164 valence electrons. The van der Waals surface area contributed by atoms with Gasteiger partial charge in [0.25, 0.3) is 0 Å². The van der Waals surface area contributed by atoms with E-state index in [1.807, 2.05) is 96.5 Å². The minimum absolute atomic E-state index is 0.134. The first-order chi connectivity index (χ1) is 16.2. The van der Waals surface area contributed by atoms with Gasteiger partial charge in [-0.05, 0) is 48.5 Å². The minimum atomic E-state index is -0.134. The number of anilines is 1. The molecule has 0 saturated heterocycles. The van der Waals surface area contributed by atoms with Gasteiger partial charge in [-0.15, -0.1) is 10.2 Å². The summed E-state index contributed by atoms with van der Waals surface area (Å²) in [4.78, 5) is 12.4. The van der Waals surface area contributed by atoms with Crippen LogP contribution in [0.1, 0.15) is 0 Å². The molecule has 0 spiro atoms. The molecule has 8 heteroatoms. The molecule has 0 aliphatic rings. The number of aromatic nitrogens is 3. The smallest absolute Gasteiger partial charge is 0.234 e. The number of hydrogen-bond acceptors (Lipinski definition) is 6. The highest BCUT2D eigenvalue weighted by atomic mass is 32.2. The van der Waals surface area contributed by atoms with E-state index in [9.17, 15) is 4.79 Å². The molecule has 2 heterocycles. The summed E-state index contributed by atoms with van der Waals surface area (Å²) in [6.45, 7) is 0. The Morgan fingerprint density at radius 1 is 0.970 bits per heavy atom. The summed E-state index contributed by atoms with van der Waals surface area (Å²) in [6, 6.07) is 26.5. The normalized spacial score (nSPS) is 10.9. The average molecular weight is 457 g/mol. The van der Waals surface area contributed by atoms with Gasteiger partial charge in [-0.25, -0.2) is 0 Å². The molecule has 0 aliphatic carbocycles. The van der Waals surface area contributed by atoms with Crippen molar-refractivity contribution in [1.82, 2.24) is 14.8 Å². The Labute approximate surface area is 194 Å². The van der Waals surface area contributed by atoms with Crippen molar-refractivity contribution in [2.75, 3.05) is 11.1 Å². The summed E-state index contributed by atoms with van der Waals surface area (Å²) in [5.74, 6) is 2.78. The van der Waals surface area contributed by atoms with Crippen molar-refractivity contribution in [2.24, 2.45) is 7.05 Å². The Balaban J connectivity index is 1.18. The second kappa shape index (κ2) is 9.22. The maximum atomic E-state index is 12.4. The van der Waals surface area contributed by atoms with Crippen LogP contribution in [0.15, 0.2) is 94.5 Å². The van der Waals surface area contributed by atoms with Crippen LogP contribution in [0.25, 0.3) is 22.6 Å². The number of carbonyl (C=O) groups excluding carboxylic acids is 1. The number of benzene rings is 3. The van der Waals surface area contributed by atoms with Crippen molar-refractivity contribution in [3.8, 4) is 23.1 Å². The maximum absolute atomic E-state index is 12.4. The number of fused-ring (bicyclic) bond motifs is 1. The van der Waals surface area contributed by atoms with Crippen molar-refractivity contribution in [3.63, 3.8) is 0 Å². The van der Waals surface area contributed by atoms with Crippen molar-refractivity contribution >= 4 is 34.3 Å². The lowest BCUT2D eigenvalue weighted by atomic mass is 10.2. The molecule has 5 aromatic rings. The van der Waals surface area contributed by atoms with E-state index >= 15 is 0 Å². The number of rotatable bonds is 7. The van der Waals surface area contributed by atoms with Crippen LogP contribution < -0.4 is 10.1 Å². The molecule has 5 rings (SSSR count). The van der Waals surface area contributed by atoms with Crippen molar-refractivity contribution < 1.29 is 13.9 Å². The van der Waals surface area contributed by atoms with E-state index in [0.29, 0.717) is 28.2 Å². The molecule has 0 atom stereocenters. The van der Waals surface area contributed by atoms with Crippen LogP contribution >= 0.6 is 11.8 Å². The van der Waals surface area contributed by atoms with Crippen molar-refractivity contribution in [3.05, 3.63) is 84.9 Å². The third kappa shape index (κ3) is 4.75. The number of furan rings is 1. The van der Waals surface area contributed by atoms with Crippen LogP contribution in [0.5, 0.6) is 11.5 Å². The molecule has 1 N–H and O–H groups in total. The van der Waals surface area contributed by atoms with Gasteiger partial charge >= 0.3 is 0 Å². The summed E-state index contributed by atoms with van der Waals surface area (Å²) in [5, 5.41) is 13.0.